The Labute approximate surface area is 386 Å². The average molecular weight is 935 g/mol. The van der Waals surface area contributed by atoms with Gasteiger partial charge >= 0.3 is 18.0 Å². The Morgan fingerprint density at radius 2 is 1.38 bits per heavy atom. The zero-order chi connectivity index (χ0) is 48.2. The van der Waals surface area contributed by atoms with Crippen molar-refractivity contribution < 1.29 is 61.5 Å². The van der Waals surface area contributed by atoms with Gasteiger partial charge in [-0.15, -0.1) is 11.8 Å². The molecule has 0 fully saturated rings. The molecule has 65 heavy (non-hydrogen) atoms. The highest BCUT2D eigenvalue weighted by molar-refractivity contribution is 7.99. The molecule has 1 aromatic heterocycles. The fourth-order valence-electron chi connectivity index (χ4n) is 6.39. The van der Waals surface area contributed by atoms with E-state index in [1.807, 2.05) is 55.7 Å². The van der Waals surface area contributed by atoms with Gasteiger partial charge in [-0.3, -0.25) is 9.59 Å². The van der Waals surface area contributed by atoms with E-state index in [1.165, 1.54) is 11.8 Å². The molecule has 0 aliphatic heterocycles. The maximum Gasteiger partial charge on any atom is 0.408 e. The minimum atomic E-state index is -1.21. The molecule has 2 unspecified atom stereocenters. The third-order valence-electron chi connectivity index (χ3n) is 9.12. The number of rotatable bonds is 27. The summed E-state index contributed by atoms with van der Waals surface area (Å²) in [6.45, 7) is 18.8. The first-order chi connectivity index (χ1) is 30.5. The molecule has 2 N–H and O–H groups in total. The first kappa shape index (κ1) is 54.7. The number of aromatic nitrogens is 2. The van der Waals surface area contributed by atoms with Gasteiger partial charge in [0, 0.05) is 30.6 Å². The summed E-state index contributed by atoms with van der Waals surface area (Å²) >= 11 is 1.35. The van der Waals surface area contributed by atoms with E-state index in [2.05, 4.69) is 5.32 Å². The molecule has 3 rings (SSSR count). The van der Waals surface area contributed by atoms with E-state index in [4.69, 9.17) is 38.5 Å². The van der Waals surface area contributed by atoms with Crippen LogP contribution in [0.1, 0.15) is 92.6 Å². The van der Waals surface area contributed by atoms with Crippen LogP contribution in [0.3, 0.4) is 0 Å². The predicted octanol–water partition coefficient (Wildman–Crippen LogP) is 7.69. The summed E-state index contributed by atoms with van der Waals surface area (Å²) in [6.07, 6.45) is 0.706. The molecule has 0 saturated carbocycles. The minimum Gasteiger partial charge on any atom is -0.481 e. The van der Waals surface area contributed by atoms with Gasteiger partial charge in [0.15, 0.2) is 0 Å². The molecule has 0 spiro atoms. The summed E-state index contributed by atoms with van der Waals surface area (Å²) in [7, 11) is 0. The zero-order valence-electron chi connectivity index (χ0n) is 39.3. The number of carboxylic acids is 1. The molecular weight excluding hydrogens is 867 g/mol. The number of benzene rings is 2. The van der Waals surface area contributed by atoms with Crippen molar-refractivity contribution in [2.24, 2.45) is 5.41 Å². The van der Waals surface area contributed by atoms with Crippen molar-refractivity contribution in [1.29, 1.82) is 0 Å². The first-order valence-corrected chi connectivity index (χ1v) is 22.9. The number of ether oxygens (including phenoxy) is 6. The molecule has 0 saturated heterocycles. The zero-order valence-corrected chi connectivity index (χ0v) is 40.1. The maximum absolute atomic E-state index is 15.3. The number of imidazole rings is 1. The number of carbonyl (C=O) groups is 4. The molecule has 18 heteroatoms. The molecule has 2 atom stereocenters. The van der Waals surface area contributed by atoms with Crippen LogP contribution in [-0.4, -0.2) is 132 Å². The highest BCUT2D eigenvalue weighted by Crippen LogP contribution is 2.40. The Hall–Kier alpha value is -4.62. The lowest BCUT2D eigenvalue weighted by atomic mass is 9.84. The summed E-state index contributed by atoms with van der Waals surface area (Å²) in [5, 5.41) is 11.3. The highest BCUT2D eigenvalue weighted by Gasteiger charge is 2.40. The second-order valence-electron chi connectivity index (χ2n) is 18.2. The third-order valence-corrected chi connectivity index (χ3v) is 10.0. The van der Waals surface area contributed by atoms with Crippen LogP contribution in [0.2, 0.25) is 0 Å². The normalized spacial score (nSPS) is 13.0. The van der Waals surface area contributed by atoms with E-state index < -0.39 is 58.4 Å². The Morgan fingerprint density at radius 1 is 0.800 bits per heavy atom. The van der Waals surface area contributed by atoms with Gasteiger partial charge in [0.2, 0.25) is 5.91 Å². The van der Waals surface area contributed by atoms with Crippen LogP contribution in [-0.2, 0) is 49.3 Å². The quantitative estimate of drug-likeness (QED) is 0.0563. The number of carbonyl (C=O) groups excluding carboxylic acids is 3. The van der Waals surface area contributed by atoms with Crippen LogP contribution in [0.4, 0.5) is 13.6 Å². The Morgan fingerprint density at radius 3 is 1.95 bits per heavy atom. The van der Waals surface area contributed by atoms with Crippen molar-refractivity contribution in [2.75, 3.05) is 70.9 Å². The van der Waals surface area contributed by atoms with Gasteiger partial charge in [-0.05, 0) is 77.1 Å². The number of amides is 2. The SMILES string of the molecule is CC(C)(C)OC(=O)NC(CCN(C(=O)CSCCOCCOCCOCCOCCC(=O)O)C(c1nc(-c2cc(F)ccc2F)cn1Cc1ccccc1)C(C)(C)C)C(=O)OC(C)(C)C. The molecule has 0 radical (unpaired) electrons. The number of aliphatic carboxylic acids is 1. The lowest BCUT2D eigenvalue weighted by Crippen LogP contribution is -2.49. The summed E-state index contributed by atoms with van der Waals surface area (Å²) in [5.74, 6) is -2.32. The topological polar surface area (TPSA) is 177 Å². The van der Waals surface area contributed by atoms with E-state index >= 15 is 4.39 Å². The van der Waals surface area contributed by atoms with Crippen molar-refractivity contribution >= 4 is 35.7 Å². The summed E-state index contributed by atoms with van der Waals surface area (Å²) < 4.78 is 64.8. The molecule has 2 amide bonds. The second-order valence-corrected chi connectivity index (χ2v) is 19.3. The van der Waals surface area contributed by atoms with E-state index in [9.17, 15) is 23.6 Å². The maximum atomic E-state index is 15.3. The number of carboxylic acid groups (broad SMARTS) is 1. The van der Waals surface area contributed by atoms with Crippen LogP contribution >= 0.6 is 11.8 Å². The van der Waals surface area contributed by atoms with Crippen LogP contribution in [0.25, 0.3) is 11.3 Å². The van der Waals surface area contributed by atoms with E-state index in [0.717, 1.165) is 23.8 Å². The Balaban J connectivity index is 1.86. The number of nitrogens with one attached hydrogen (secondary N) is 1. The van der Waals surface area contributed by atoms with Crippen molar-refractivity contribution in [3.63, 3.8) is 0 Å². The fourth-order valence-corrected chi connectivity index (χ4v) is 7.11. The van der Waals surface area contributed by atoms with Crippen molar-refractivity contribution in [1.82, 2.24) is 19.8 Å². The third kappa shape index (κ3) is 21.0. The molecule has 15 nitrogen and oxygen atoms in total. The summed E-state index contributed by atoms with van der Waals surface area (Å²) in [4.78, 5) is 58.5. The van der Waals surface area contributed by atoms with E-state index in [-0.39, 0.29) is 48.9 Å². The van der Waals surface area contributed by atoms with Crippen LogP contribution in [0, 0.1) is 17.0 Å². The van der Waals surface area contributed by atoms with Crippen molar-refractivity contribution in [3.05, 3.63) is 77.8 Å². The number of hydrogen-bond donors (Lipinski definition) is 2. The summed E-state index contributed by atoms with van der Waals surface area (Å²) in [6, 6.07) is 10.7. The number of thioether (sulfide) groups is 1. The molecule has 362 valence electrons. The summed E-state index contributed by atoms with van der Waals surface area (Å²) in [5.41, 5.74) is -1.43. The number of hydrogen-bond acceptors (Lipinski definition) is 12. The first-order valence-electron chi connectivity index (χ1n) is 21.7. The van der Waals surface area contributed by atoms with Gasteiger partial charge in [0.1, 0.15) is 34.7 Å². The van der Waals surface area contributed by atoms with Gasteiger partial charge in [-0.1, -0.05) is 51.1 Å². The Bertz CT molecular complexity index is 1950. The van der Waals surface area contributed by atoms with Gasteiger partial charge in [0.25, 0.3) is 0 Å². The molecule has 1 heterocycles. The smallest absolute Gasteiger partial charge is 0.408 e. The number of halogens is 2. The van der Waals surface area contributed by atoms with Crippen LogP contribution < -0.4 is 5.32 Å². The van der Waals surface area contributed by atoms with Crippen LogP contribution in [0.5, 0.6) is 0 Å². The predicted molar refractivity (Wildman–Crippen MR) is 244 cm³/mol. The standard InChI is InChI=1S/C47H68F2N4O11S/c1-45(2,3)41(42-50-38(35-29-34(48)15-16-36(35)49)31-52(42)30-33-13-11-10-12-14-33)53(19-17-37(43(57)63-46(4,5)6)51-44(58)64-47(7,8)9)39(54)32-65-28-27-62-26-25-61-24-23-60-22-21-59-20-18-40(55)56/h10-16,29,31,37,41H,17-28,30,32H2,1-9H3,(H,51,58)(H,55,56). The largest absolute Gasteiger partial charge is 0.481 e. The minimum absolute atomic E-state index is 0.0190. The fraction of sp³-hybridized carbons (Fsp3) is 0.596. The Kier molecular flexibility index (Phi) is 22.3. The highest BCUT2D eigenvalue weighted by atomic mass is 32.2. The van der Waals surface area contributed by atoms with Gasteiger partial charge in [-0.25, -0.2) is 23.4 Å². The van der Waals surface area contributed by atoms with Crippen LogP contribution in [0.15, 0.2) is 54.7 Å². The second kappa shape index (κ2) is 26.5. The van der Waals surface area contributed by atoms with Gasteiger partial charge in [-0.2, -0.15) is 0 Å². The molecule has 2 aromatic carbocycles. The van der Waals surface area contributed by atoms with Gasteiger partial charge in [0.05, 0.1) is 76.8 Å². The lowest BCUT2D eigenvalue weighted by molar-refractivity contribution is -0.158. The number of nitrogens with zero attached hydrogens (tertiary/aromatic N) is 3. The number of esters is 1. The van der Waals surface area contributed by atoms with E-state index in [0.29, 0.717) is 64.4 Å². The molecular formula is C47H68F2N4O11S. The van der Waals surface area contributed by atoms with Gasteiger partial charge < -0.3 is 48.3 Å². The number of alkyl carbamates (subject to hydrolysis) is 1. The molecule has 0 aliphatic rings. The van der Waals surface area contributed by atoms with Crippen molar-refractivity contribution in [3.8, 4) is 11.3 Å². The molecule has 3 aromatic rings. The van der Waals surface area contributed by atoms with E-state index in [1.54, 1.807) is 52.6 Å². The lowest BCUT2D eigenvalue weighted by Gasteiger charge is -2.40. The molecule has 0 bridgehead atoms. The molecule has 0 aliphatic carbocycles. The monoisotopic (exact) mass is 934 g/mol. The van der Waals surface area contributed by atoms with Crippen molar-refractivity contribution in [2.45, 2.75) is 105 Å². The average Bonchev–Trinajstić information content (AvgIpc) is 3.59.